The molecule has 0 radical (unpaired) electrons. The molecule has 0 bridgehead atoms. The van der Waals surface area contributed by atoms with Gasteiger partial charge in [-0.25, -0.2) is 0 Å². The number of carbonyl (C=O) groups is 1. The highest BCUT2D eigenvalue weighted by atomic mass is 28.4. The first-order valence-electron chi connectivity index (χ1n) is 15.9. The van der Waals surface area contributed by atoms with Crippen LogP contribution >= 0.6 is 0 Å². The van der Waals surface area contributed by atoms with Crippen LogP contribution in [0.25, 0.3) is 0 Å². The van der Waals surface area contributed by atoms with E-state index in [0.717, 1.165) is 19.3 Å². The monoisotopic (exact) mass is 622 g/mol. The van der Waals surface area contributed by atoms with Gasteiger partial charge >= 0.3 is 0 Å². The number of ketones is 1. The zero-order valence-electron chi connectivity index (χ0n) is 27.8. The molecule has 0 aliphatic carbocycles. The van der Waals surface area contributed by atoms with Crippen molar-refractivity contribution < 1.29 is 23.1 Å². The summed E-state index contributed by atoms with van der Waals surface area (Å²) in [5, 5.41) is 2.51. The number of hydrogen-bond acceptors (Lipinski definition) is 5. The molecule has 1 fully saturated rings. The molecule has 1 aliphatic heterocycles. The van der Waals surface area contributed by atoms with Crippen LogP contribution in [-0.2, 0) is 23.1 Å². The van der Waals surface area contributed by atoms with Gasteiger partial charge < -0.3 is 18.3 Å². The van der Waals surface area contributed by atoms with Crippen LogP contribution in [0.4, 0.5) is 0 Å². The van der Waals surface area contributed by atoms with Crippen molar-refractivity contribution in [2.75, 3.05) is 19.8 Å². The van der Waals surface area contributed by atoms with Crippen LogP contribution in [0.3, 0.4) is 0 Å². The quantitative estimate of drug-likeness (QED) is 0.119. The summed E-state index contributed by atoms with van der Waals surface area (Å²) >= 11 is 0. The lowest BCUT2D eigenvalue weighted by Crippen LogP contribution is -2.67. The Balaban J connectivity index is 1.87. The lowest BCUT2D eigenvalue weighted by molar-refractivity contribution is -0.169. The summed E-state index contributed by atoms with van der Waals surface area (Å²) in [6.45, 7) is 20.1. The predicted molar refractivity (Wildman–Crippen MR) is 182 cm³/mol. The van der Waals surface area contributed by atoms with Gasteiger partial charge in [-0.15, -0.1) is 6.42 Å². The first-order chi connectivity index (χ1) is 20.2. The van der Waals surface area contributed by atoms with Gasteiger partial charge in [0.2, 0.25) is 5.78 Å². The standard InChI is InChI=1S/C36H54O5Si2/c1-10-30(37)19-17-25-36(38-27-28-39-36)26-18-20-31(41-42(8,9)34(2,3)4)29-40-43(35(5,6)7,32-21-13-11-14-22-32)33-23-15-12-16-24-33/h1,11-16,21-24,31H,17-20,25-29H2,2-9H3/t31-/m0/s1. The smallest absolute Gasteiger partial charge is 0.261 e. The second-order valence-corrected chi connectivity index (χ2v) is 23.5. The molecule has 43 heavy (non-hydrogen) atoms. The molecule has 1 heterocycles. The zero-order valence-corrected chi connectivity index (χ0v) is 29.8. The van der Waals surface area contributed by atoms with Gasteiger partial charge in [-0.2, -0.15) is 0 Å². The van der Waals surface area contributed by atoms with E-state index in [9.17, 15) is 4.79 Å². The molecule has 236 valence electrons. The largest absolute Gasteiger partial charge is 0.412 e. The summed E-state index contributed by atoms with van der Waals surface area (Å²) in [7, 11) is -4.80. The Hall–Kier alpha value is -2.06. The summed E-state index contributed by atoms with van der Waals surface area (Å²) in [6, 6.07) is 21.6. The van der Waals surface area contributed by atoms with E-state index in [1.165, 1.54) is 10.4 Å². The number of rotatable bonds is 15. The van der Waals surface area contributed by atoms with Crippen LogP contribution in [0.15, 0.2) is 60.7 Å². The van der Waals surface area contributed by atoms with Crippen molar-refractivity contribution in [1.29, 1.82) is 0 Å². The average molecular weight is 623 g/mol. The van der Waals surface area contributed by atoms with Crippen LogP contribution in [0.1, 0.15) is 80.1 Å². The van der Waals surface area contributed by atoms with E-state index in [1.54, 1.807) is 0 Å². The molecular weight excluding hydrogens is 569 g/mol. The van der Waals surface area contributed by atoms with Crippen molar-refractivity contribution in [3.63, 3.8) is 0 Å². The molecule has 1 atom stereocenters. The molecule has 0 amide bonds. The summed E-state index contributed by atoms with van der Waals surface area (Å²) in [6.07, 6.45) is 9.33. The van der Waals surface area contributed by atoms with Crippen molar-refractivity contribution >= 4 is 32.8 Å². The first kappa shape index (κ1) is 35.4. The Kier molecular flexibility index (Phi) is 12.2. The van der Waals surface area contributed by atoms with E-state index in [2.05, 4.69) is 121 Å². The maximum Gasteiger partial charge on any atom is 0.261 e. The van der Waals surface area contributed by atoms with Crippen molar-refractivity contribution in [2.45, 2.75) is 115 Å². The van der Waals surface area contributed by atoms with Crippen LogP contribution < -0.4 is 10.4 Å². The third-order valence-corrected chi connectivity index (χ3v) is 18.7. The van der Waals surface area contributed by atoms with Crippen LogP contribution in [0, 0.1) is 12.3 Å². The molecule has 0 spiro atoms. The zero-order chi connectivity index (χ0) is 31.8. The maximum absolute atomic E-state index is 11.7. The van der Waals surface area contributed by atoms with E-state index >= 15 is 0 Å². The van der Waals surface area contributed by atoms with Crippen LogP contribution in [0.5, 0.6) is 0 Å². The fourth-order valence-corrected chi connectivity index (χ4v) is 11.8. The topological polar surface area (TPSA) is 54.0 Å². The van der Waals surface area contributed by atoms with Crippen molar-refractivity contribution in [2.24, 2.45) is 0 Å². The molecule has 0 aromatic heterocycles. The SMILES string of the molecule is C#CC(=O)CCCC1(CCC[C@@H](CO[Si](c2ccccc2)(c2ccccc2)C(C)(C)C)O[Si](C)(C)C(C)(C)C)OCCO1. The van der Waals surface area contributed by atoms with E-state index < -0.39 is 22.4 Å². The second kappa shape index (κ2) is 14.8. The fraction of sp³-hybridized carbons (Fsp3) is 0.583. The number of Topliss-reactive ketones (excluding diaryl/α,β-unsaturated/α-hetero) is 1. The van der Waals surface area contributed by atoms with Gasteiger partial charge in [-0.1, -0.05) is 102 Å². The number of ether oxygens (including phenoxy) is 2. The predicted octanol–water partition coefficient (Wildman–Crippen LogP) is 7.24. The van der Waals surface area contributed by atoms with Crippen molar-refractivity contribution in [3.8, 4) is 12.3 Å². The summed E-state index contributed by atoms with van der Waals surface area (Å²) in [5.41, 5.74) is 0. The molecular formula is C36H54O5Si2. The Morgan fingerprint density at radius 2 is 1.40 bits per heavy atom. The number of terminal acetylenes is 1. The van der Waals surface area contributed by atoms with Gasteiger partial charge in [-0.05, 0) is 58.7 Å². The number of carbonyl (C=O) groups excluding carboxylic acids is 1. The Labute approximate surface area is 263 Å². The summed E-state index contributed by atoms with van der Waals surface area (Å²) < 4.78 is 26.7. The van der Waals surface area contributed by atoms with Crippen LogP contribution in [-0.4, -0.2) is 54.1 Å². The third-order valence-electron chi connectivity index (χ3n) is 9.19. The van der Waals surface area contributed by atoms with Gasteiger partial charge in [0, 0.05) is 19.3 Å². The van der Waals surface area contributed by atoms with Crippen molar-refractivity contribution in [1.82, 2.24) is 0 Å². The minimum atomic E-state index is -2.71. The van der Waals surface area contributed by atoms with E-state index in [-0.39, 0.29) is 22.0 Å². The first-order valence-corrected chi connectivity index (χ1v) is 20.7. The Morgan fingerprint density at radius 3 is 1.86 bits per heavy atom. The number of benzene rings is 2. The molecule has 1 aliphatic rings. The Bertz CT molecular complexity index is 1150. The van der Waals surface area contributed by atoms with E-state index in [1.807, 2.05) is 0 Å². The highest BCUT2D eigenvalue weighted by Gasteiger charge is 2.51. The molecule has 7 heteroatoms. The van der Waals surface area contributed by atoms with Gasteiger partial charge in [0.15, 0.2) is 14.1 Å². The molecule has 0 saturated carbocycles. The summed E-state index contributed by atoms with van der Waals surface area (Å²) in [4.78, 5) is 11.7. The minimum Gasteiger partial charge on any atom is -0.412 e. The molecule has 2 aromatic rings. The maximum atomic E-state index is 11.7. The van der Waals surface area contributed by atoms with Gasteiger partial charge in [0.05, 0.1) is 25.9 Å². The fourth-order valence-electron chi connectivity index (χ4n) is 5.85. The molecule has 0 unspecified atom stereocenters. The molecule has 2 aromatic carbocycles. The second-order valence-electron chi connectivity index (χ2n) is 14.4. The summed E-state index contributed by atoms with van der Waals surface area (Å²) in [5.74, 6) is 1.38. The van der Waals surface area contributed by atoms with Gasteiger partial charge in [-0.3, -0.25) is 4.79 Å². The average Bonchev–Trinajstić information content (AvgIpc) is 3.41. The van der Waals surface area contributed by atoms with Crippen molar-refractivity contribution in [3.05, 3.63) is 60.7 Å². The third kappa shape index (κ3) is 9.00. The molecule has 1 saturated heterocycles. The van der Waals surface area contributed by atoms with Gasteiger partial charge in [0.1, 0.15) is 0 Å². The van der Waals surface area contributed by atoms with Crippen LogP contribution in [0.2, 0.25) is 23.2 Å². The normalized spacial score (nSPS) is 16.5. The molecule has 5 nitrogen and oxygen atoms in total. The van der Waals surface area contributed by atoms with E-state index in [0.29, 0.717) is 39.1 Å². The lowest BCUT2D eigenvalue weighted by atomic mass is 10.00. The Morgan fingerprint density at radius 1 is 0.884 bits per heavy atom. The molecule has 0 N–H and O–H groups in total. The lowest BCUT2D eigenvalue weighted by Gasteiger charge is -2.45. The highest BCUT2D eigenvalue weighted by molar-refractivity contribution is 6.99. The van der Waals surface area contributed by atoms with E-state index in [4.69, 9.17) is 24.7 Å². The van der Waals surface area contributed by atoms with Gasteiger partial charge in [0.25, 0.3) is 8.32 Å². The molecule has 3 rings (SSSR count). The highest BCUT2D eigenvalue weighted by Crippen LogP contribution is 2.40. The minimum absolute atomic E-state index is 0.0657. The number of hydrogen-bond donors (Lipinski definition) is 0.